The van der Waals surface area contributed by atoms with Crippen molar-refractivity contribution in [1.29, 1.82) is 0 Å². The minimum atomic E-state index is 0.0437. The second-order valence-corrected chi connectivity index (χ2v) is 3.25. The van der Waals surface area contributed by atoms with Crippen LogP contribution in [0.15, 0.2) is 0 Å². The second-order valence-electron chi connectivity index (χ2n) is 3.25. The summed E-state index contributed by atoms with van der Waals surface area (Å²) in [4.78, 5) is 13.2. The summed E-state index contributed by atoms with van der Waals surface area (Å²) in [6.07, 6.45) is 2.12. The lowest BCUT2D eigenvalue weighted by Crippen LogP contribution is -2.41. The number of ether oxygens (including phenoxy) is 1. The molecule has 0 saturated carbocycles. The predicted molar refractivity (Wildman–Crippen MR) is 50.3 cm³/mol. The van der Waals surface area contributed by atoms with E-state index < -0.39 is 0 Å². The molecule has 4 heteroatoms. The number of nitrogens with two attached hydrogens (primary N) is 1. The van der Waals surface area contributed by atoms with E-state index in [0.29, 0.717) is 13.2 Å². The standard InChI is InChI=1S/C9H18N2O2/c1-2-13-7-8-4-3-5-11(8)9(12)6-10/h8H,2-7,10H2,1H3/t8-/m1/s1. The van der Waals surface area contributed by atoms with Gasteiger partial charge in [0, 0.05) is 13.2 Å². The molecule has 1 rings (SSSR count). The van der Waals surface area contributed by atoms with E-state index in [-0.39, 0.29) is 18.5 Å². The fourth-order valence-corrected chi connectivity index (χ4v) is 1.71. The van der Waals surface area contributed by atoms with Crippen LogP contribution in [0.1, 0.15) is 19.8 Å². The van der Waals surface area contributed by atoms with Gasteiger partial charge in [0.1, 0.15) is 0 Å². The minimum absolute atomic E-state index is 0.0437. The van der Waals surface area contributed by atoms with Crippen LogP contribution in [0, 0.1) is 0 Å². The van der Waals surface area contributed by atoms with E-state index in [1.807, 2.05) is 11.8 Å². The molecule has 0 aromatic carbocycles. The van der Waals surface area contributed by atoms with Crippen molar-refractivity contribution in [2.24, 2.45) is 5.73 Å². The third-order valence-corrected chi connectivity index (χ3v) is 2.39. The maximum Gasteiger partial charge on any atom is 0.236 e. The first-order valence-electron chi connectivity index (χ1n) is 4.86. The van der Waals surface area contributed by atoms with E-state index in [2.05, 4.69) is 0 Å². The van der Waals surface area contributed by atoms with Gasteiger partial charge < -0.3 is 15.4 Å². The van der Waals surface area contributed by atoms with Gasteiger partial charge in [0.25, 0.3) is 0 Å². The Hall–Kier alpha value is -0.610. The Labute approximate surface area is 79.0 Å². The second kappa shape index (κ2) is 5.19. The molecule has 4 nitrogen and oxygen atoms in total. The molecular formula is C9H18N2O2. The van der Waals surface area contributed by atoms with Crippen molar-refractivity contribution in [1.82, 2.24) is 4.90 Å². The van der Waals surface area contributed by atoms with Crippen LogP contribution in [0.4, 0.5) is 0 Å². The van der Waals surface area contributed by atoms with E-state index in [1.165, 1.54) is 0 Å². The van der Waals surface area contributed by atoms with Gasteiger partial charge in [-0.25, -0.2) is 0 Å². The van der Waals surface area contributed by atoms with Gasteiger partial charge in [0.05, 0.1) is 19.2 Å². The molecular weight excluding hydrogens is 168 g/mol. The first kappa shape index (κ1) is 10.5. The van der Waals surface area contributed by atoms with Crippen LogP contribution in [-0.4, -0.2) is 43.2 Å². The van der Waals surface area contributed by atoms with Crippen molar-refractivity contribution < 1.29 is 9.53 Å². The maximum atomic E-state index is 11.3. The van der Waals surface area contributed by atoms with Crippen molar-refractivity contribution in [2.75, 3.05) is 26.3 Å². The number of hydrogen-bond donors (Lipinski definition) is 1. The van der Waals surface area contributed by atoms with Crippen molar-refractivity contribution in [3.8, 4) is 0 Å². The first-order chi connectivity index (χ1) is 6.29. The van der Waals surface area contributed by atoms with E-state index in [4.69, 9.17) is 10.5 Å². The highest BCUT2D eigenvalue weighted by molar-refractivity contribution is 5.78. The summed E-state index contributed by atoms with van der Waals surface area (Å²) >= 11 is 0. The van der Waals surface area contributed by atoms with Gasteiger partial charge in [0.2, 0.25) is 5.91 Å². The van der Waals surface area contributed by atoms with Crippen molar-refractivity contribution >= 4 is 5.91 Å². The van der Waals surface area contributed by atoms with Crippen molar-refractivity contribution in [3.63, 3.8) is 0 Å². The van der Waals surface area contributed by atoms with E-state index in [0.717, 1.165) is 19.4 Å². The first-order valence-corrected chi connectivity index (χ1v) is 4.86. The lowest BCUT2D eigenvalue weighted by atomic mass is 10.2. The van der Waals surface area contributed by atoms with Crippen molar-refractivity contribution in [3.05, 3.63) is 0 Å². The average molecular weight is 186 g/mol. The maximum absolute atomic E-state index is 11.3. The monoisotopic (exact) mass is 186 g/mol. The number of hydrogen-bond acceptors (Lipinski definition) is 3. The molecule has 0 bridgehead atoms. The Balaban J connectivity index is 2.39. The van der Waals surface area contributed by atoms with Crippen molar-refractivity contribution in [2.45, 2.75) is 25.8 Å². The summed E-state index contributed by atoms with van der Waals surface area (Å²) in [6.45, 7) is 4.28. The zero-order valence-electron chi connectivity index (χ0n) is 8.16. The van der Waals surface area contributed by atoms with Crippen LogP contribution in [0.25, 0.3) is 0 Å². The fraction of sp³-hybridized carbons (Fsp3) is 0.889. The quantitative estimate of drug-likeness (QED) is 0.671. The third kappa shape index (κ3) is 2.67. The Bertz CT molecular complexity index is 173. The smallest absolute Gasteiger partial charge is 0.236 e. The lowest BCUT2D eigenvalue weighted by Gasteiger charge is -2.23. The molecule has 1 aliphatic heterocycles. The van der Waals surface area contributed by atoms with Crippen LogP contribution < -0.4 is 5.73 Å². The predicted octanol–water partition coefficient (Wildman–Crippen LogP) is -0.0274. The van der Waals surface area contributed by atoms with Gasteiger partial charge in [-0.3, -0.25) is 4.79 Å². The van der Waals surface area contributed by atoms with Gasteiger partial charge in [-0.15, -0.1) is 0 Å². The number of likely N-dealkylation sites (tertiary alicyclic amines) is 1. The molecule has 2 N–H and O–H groups in total. The molecule has 1 amide bonds. The Morgan fingerprint density at radius 2 is 2.46 bits per heavy atom. The summed E-state index contributed by atoms with van der Waals surface area (Å²) in [6, 6.07) is 0.260. The van der Waals surface area contributed by atoms with Crippen LogP contribution in [-0.2, 0) is 9.53 Å². The van der Waals surface area contributed by atoms with Gasteiger partial charge >= 0.3 is 0 Å². The summed E-state index contributed by atoms with van der Waals surface area (Å²) in [5.74, 6) is 0.0437. The molecule has 1 saturated heterocycles. The molecule has 0 radical (unpaired) electrons. The molecule has 0 aliphatic carbocycles. The normalized spacial score (nSPS) is 22.3. The molecule has 1 aliphatic rings. The third-order valence-electron chi connectivity index (χ3n) is 2.39. The Morgan fingerprint density at radius 3 is 3.08 bits per heavy atom. The largest absolute Gasteiger partial charge is 0.380 e. The number of carbonyl (C=O) groups excluding carboxylic acids is 1. The molecule has 1 fully saturated rings. The topological polar surface area (TPSA) is 55.6 Å². The highest BCUT2D eigenvalue weighted by atomic mass is 16.5. The molecule has 1 heterocycles. The van der Waals surface area contributed by atoms with Crippen LogP contribution in [0.2, 0.25) is 0 Å². The van der Waals surface area contributed by atoms with E-state index in [9.17, 15) is 4.79 Å². The lowest BCUT2D eigenvalue weighted by molar-refractivity contribution is -0.131. The highest BCUT2D eigenvalue weighted by Gasteiger charge is 2.27. The van der Waals surface area contributed by atoms with Crippen LogP contribution >= 0.6 is 0 Å². The van der Waals surface area contributed by atoms with E-state index in [1.54, 1.807) is 0 Å². The number of carbonyl (C=O) groups is 1. The number of amides is 1. The zero-order chi connectivity index (χ0) is 9.68. The molecule has 13 heavy (non-hydrogen) atoms. The molecule has 0 spiro atoms. The van der Waals surface area contributed by atoms with E-state index >= 15 is 0 Å². The zero-order valence-corrected chi connectivity index (χ0v) is 8.16. The van der Waals surface area contributed by atoms with Crippen LogP contribution in [0.5, 0.6) is 0 Å². The average Bonchev–Trinajstić information content (AvgIpc) is 2.61. The Morgan fingerprint density at radius 1 is 1.69 bits per heavy atom. The number of nitrogens with zero attached hydrogens (tertiary/aromatic N) is 1. The highest BCUT2D eigenvalue weighted by Crippen LogP contribution is 2.17. The number of rotatable bonds is 4. The van der Waals surface area contributed by atoms with Gasteiger partial charge in [-0.2, -0.15) is 0 Å². The molecule has 0 unspecified atom stereocenters. The molecule has 76 valence electrons. The van der Waals surface area contributed by atoms with Gasteiger partial charge in [0.15, 0.2) is 0 Å². The minimum Gasteiger partial charge on any atom is -0.380 e. The SMILES string of the molecule is CCOC[C@H]1CCCN1C(=O)CN. The molecule has 1 atom stereocenters. The molecule has 0 aromatic heterocycles. The summed E-state index contributed by atoms with van der Waals surface area (Å²) in [5, 5.41) is 0. The Kier molecular flexibility index (Phi) is 4.18. The summed E-state index contributed by atoms with van der Waals surface area (Å²) < 4.78 is 5.31. The van der Waals surface area contributed by atoms with Crippen LogP contribution in [0.3, 0.4) is 0 Å². The molecule has 0 aromatic rings. The van der Waals surface area contributed by atoms with Gasteiger partial charge in [-0.05, 0) is 19.8 Å². The van der Waals surface area contributed by atoms with Gasteiger partial charge in [-0.1, -0.05) is 0 Å². The summed E-state index contributed by atoms with van der Waals surface area (Å²) in [7, 11) is 0. The fourth-order valence-electron chi connectivity index (χ4n) is 1.71. The summed E-state index contributed by atoms with van der Waals surface area (Å²) in [5.41, 5.74) is 5.31.